The maximum absolute atomic E-state index is 12.0. The molecule has 15 heavy (non-hydrogen) atoms. The fourth-order valence-electron chi connectivity index (χ4n) is 1.08. The maximum Gasteiger partial charge on any atom is 0.228 e. The molecule has 0 aliphatic rings. The summed E-state index contributed by atoms with van der Waals surface area (Å²) in [6.07, 6.45) is 0.262. The van der Waals surface area contributed by atoms with Gasteiger partial charge in [-0.25, -0.2) is 4.39 Å². The summed E-state index contributed by atoms with van der Waals surface area (Å²) in [6, 6.07) is 4.79. The molecule has 0 aliphatic heterocycles. The third-order valence-corrected chi connectivity index (χ3v) is 2.63. The van der Waals surface area contributed by atoms with E-state index in [-0.39, 0.29) is 18.1 Å². The van der Waals surface area contributed by atoms with Gasteiger partial charge in [0.1, 0.15) is 5.75 Å². The number of benzene rings is 1. The highest BCUT2D eigenvalue weighted by Crippen LogP contribution is 2.26. The van der Waals surface area contributed by atoms with Crippen LogP contribution in [0.4, 0.5) is 4.39 Å². The van der Waals surface area contributed by atoms with Gasteiger partial charge in [0.25, 0.3) is 0 Å². The lowest BCUT2D eigenvalue weighted by Gasteiger charge is -2.06. The van der Waals surface area contributed by atoms with Crippen LogP contribution in [0.5, 0.6) is 5.75 Å². The number of alkyl halides is 2. The second kappa shape index (κ2) is 6.08. The molecule has 0 heterocycles. The number of ether oxygens (including phenoxy) is 1. The molecule has 82 valence electrons. The van der Waals surface area contributed by atoms with Gasteiger partial charge in [0.05, 0.1) is 4.47 Å². The Hall–Kier alpha value is -0.610. The Morgan fingerprint density at radius 1 is 1.53 bits per heavy atom. The fourth-order valence-corrected chi connectivity index (χ4v) is 1.61. The normalized spacial score (nSPS) is 10.1. The van der Waals surface area contributed by atoms with Crippen LogP contribution in [0.25, 0.3) is 0 Å². The van der Waals surface area contributed by atoms with Gasteiger partial charge in [0.15, 0.2) is 5.78 Å². The number of ketones is 1. The number of Topliss-reactive ketones (excluding diaryl/α,β-unsaturated/α-hetero) is 1. The Morgan fingerprint density at radius 2 is 2.27 bits per heavy atom. The van der Waals surface area contributed by atoms with E-state index < -0.39 is 6.86 Å². The Labute approximate surface area is 101 Å². The van der Waals surface area contributed by atoms with Crippen molar-refractivity contribution in [3.63, 3.8) is 0 Å². The SMILES string of the molecule is O=C(CCCl)c1ccc(Br)c(OCF)c1. The summed E-state index contributed by atoms with van der Waals surface area (Å²) >= 11 is 8.65. The molecule has 0 saturated heterocycles. The molecule has 0 unspecified atom stereocenters. The summed E-state index contributed by atoms with van der Waals surface area (Å²) < 4.78 is 17.3. The van der Waals surface area contributed by atoms with E-state index in [2.05, 4.69) is 15.9 Å². The fraction of sp³-hybridized carbons (Fsp3) is 0.300. The molecule has 0 saturated carbocycles. The zero-order valence-corrected chi connectivity index (χ0v) is 10.1. The van der Waals surface area contributed by atoms with E-state index >= 15 is 0 Å². The lowest BCUT2D eigenvalue weighted by Crippen LogP contribution is -2.01. The van der Waals surface area contributed by atoms with Crippen LogP contribution in [-0.2, 0) is 0 Å². The van der Waals surface area contributed by atoms with Crippen molar-refractivity contribution in [1.29, 1.82) is 0 Å². The number of halogens is 3. The number of carbonyl (C=O) groups excluding carboxylic acids is 1. The van der Waals surface area contributed by atoms with Crippen LogP contribution in [0, 0.1) is 0 Å². The summed E-state index contributed by atoms with van der Waals surface area (Å²) in [5.74, 6) is 0.507. The average Bonchev–Trinajstić information content (AvgIpc) is 2.22. The molecule has 0 spiro atoms. The average molecular weight is 296 g/mol. The van der Waals surface area contributed by atoms with Gasteiger partial charge < -0.3 is 4.74 Å². The summed E-state index contributed by atoms with van der Waals surface area (Å²) in [5.41, 5.74) is 0.474. The lowest BCUT2D eigenvalue weighted by atomic mass is 10.1. The lowest BCUT2D eigenvalue weighted by molar-refractivity contribution is 0.0988. The second-order valence-electron chi connectivity index (χ2n) is 2.76. The van der Waals surface area contributed by atoms with Gasteiger partial charge in [0, 0.05) is 17.9 Å². The smallest absolute Gasteiger partial charge is 0.228 e. The van der Waals surface area contributed by atoms with Crippen LogP contribution in [0.3, 0.4) is 0 Å². The molecule has 1 aromatic carbocycles. The molecular weight excluding hydrogens is 286 g/mol. The van der Waals surface area contributed by atoms with Crippen LogP contribution in [0.15, 0.2) is 22.7 Å². The van der Waals surface area contributed by atoms with Crippen LogP contribution >= 0.6 is 27.5 Å². The van der Waals surface area contributed by atoms with Crippen LogP contribution < -0.4 is 4.74 Å². The molecule has 0 radical (unpaired) electrons. The first-order chi connectivity index (χ1) is 7.19. The van der Waals surface area contributed by atoms with E-state index in [0.717, 1.165) is 0 Å². The van der Waals surface area contributed by atoms with Gasteiger partial charge in [-0.3, -0.25) is 4.79 Å². The molecule has 0 amide bonds. The first-order valence-corrected chi connectivity index (χ1v) is 5.59. The molecule has 0 bridgehead atoms. The van der Waals surface area contributed by atoms with Gasteiger partial charge >= 0.3 is 0 Å². The van der Waals surface area contributed by atoms with E-state index in [9.17, 15) is 9.18 Å². The Balaban J connectivity index is 2.91. The summed E-state index contributed by atoms with van der Waals surface area (Å²) in [7, 11) is 0. The predicted molar refractivity (Wildman–Crippen MR) is 60.4 cm³/mol. The zero-order chi connectivity index (χ0) is 11.3. The summed E-state index contributed by atoms with van der Waals surface area (Å²) in [6.45, 7) is -0.925. The molecule has 0 aliphatic carbocycles. The highest BCUT2D eigenvalue weighted by atomic mass is 79.9. The monoisotopic (exact) mass is 294 g/mol. The van der Waals surface area contributed by atoms with E-state index in [0.29, 0.717) is 15.8 Å². The van der Waals surface area contributed by atoms with Crippen LogP contribution in [0.1, 0.15) is 16.8 Å². The van der Waals surface area contributed by atoms with Crippen molar-refractivity contribution in [3.8, 4) is 5.75 Å². The first kappa shape index (κ1) is 12.5. The minimum atomic E-state index is -0.925. The molecule has 2 nitrogen and oxygen atoms in total. The zero-order valence-electron chi connectivity index (χ0n) is 7.80. The topological polar surface area (TPSA) is 26.3 Å². The quantitative estimate of drug-likeness (QED) is 0.613. The molecule has 0 atom stereocenters. The molecule has 1 aromatic rings. The highest BCUT2D eigenvalue weighted by molar-refractivity contribution is 9.10. The standard InChI is InChI=1S/C10H9BrClFO2/c11-8-2-1-7(9(14)3-4-12)5-10(8)15-6-13/h1-2,5H,3-4,6H2. The van der Waals surface area contributed by atoms with Gasteiger partial charge in [-0.1, -0.05) is 6.07 Å². The third-order valence-electron chi connectivity index (χ3n) is 1.78. The first-order valence-electron chi connectivity index (χ1n) is 4.26. The van der Waals surface area contributed by atoms with Crippen molar-refractivity contribution in [2.75, 3.05) is 12.7 Å². The maximum atomic E-state index is 12.0. The van der Waals surface area contributed by atoms with E-state index in [1.165, 1.54) is 6.07 Å². The molecular formula is C10H9BrClFO2. The largest absolute Gasteiger partial charge is 0.462 e. The Bertz CT molecular complexity index is 357. The predicted octanol–water partition coefficient (Wildman–Crippen LogP) is 3.57. The Morgan fingerprint density at radius 3 is 2.87 bits per heavy atom. The van der Waals surface area contributed by atoms with Crippen LogP contribution in [-0.4, -0.2) is 18.5 Å². The minimum Gasteiger partial charge on any atom is -0.462 e. The number of hydrogen-bond acceptors (Lipinski definition) is 2. The molecule has 5 heteroatoms. The van der Waals surface area contributed by atoms with Crippen molar-refractivity contribution in [3.05, 3.63) is 28.2 Å². The minimum absolute atomic E-state index is 0.0822. The van der Waals surface area contributed by atoms with Gasteiger partial charge in [0.2, 0.25) is 6.86 Å². The molecule has 0 fully saturated rings. The Kier molecular flexibility index (Phi) is 5.05. The van der Waals surface area contributed by atoms with E-state index in [1.807, 2.05) is 0 Å². The number of rotatable bonds is 5. The summed E-state index contributed by atoms with van der Waals surface area (Å²) in [4.78, 5) is 11.5. The number of hydrogen-bond donors (Lipinski definition) is 0. The summed E-state index contributed by atoms with van der Waals surface area (Å²) in [5, 5.41) is 0. The van der Waals surface area contributed by atoms with E-state index in [1.54, 1.807) is 12.1 Å². The van der Waals surface area contributed by atoms with Crippen molar-refractivity contribution in [1.82, 2.24) is 0 Å². The van der Waals surface area contributed by atoms with Crippen molar-refractivity contribution in [2.24, 2.45) is 0 Å². The van der Waals surface area contributed by atoms with E-state index in [4.69, 9.17) is 16.3 Å². The second-order valence-corrected chi connectivity index (χ2v) is 3.99. The van der Waals surface area contributed by atoms with Crippen molar-refractivity contribution in [2.45, 2.75) is 6.42 Å². The van der Waals surface area contributed by atoms with Gasteiger partial charge in [-0.15, -0.1) is 11.6 Å². The molecule has 1 rings (SSSR count). The van der Waals surface area contributed by atoms with Crippen molar-refractivity contribution >= 4 is 33.3 Å². The third kappa shape index (κ3) is 3.47. The number of carbonyl (C=O) groups is 1. The molecule has 0 N–H and O–H groups in total. The van der Waals surface area contributed by atoms with Crippen LogP contribution in [0.2, 0.25) is 0 Å². The van der Waals surface area contributed by atoms with Gasteiger partial charge in [-0.2, -0.15) is 0 Å². The van der Waals surface area contributed by atoms with Gasteiger partial charge in [-0.05, 0) is 28.1 Å². The molecule has 0 aromatic heterocycles. The van der Waals surface area contributed by atoms with Crippen molar-refractivity contribution < 1.29 is 13.9 Å². The highest BCUT2D eigenvalue weighted by Gasteiger charge is 2.08.